The molecule has 9 heteroatoms. The Bertz CT molecular complexity index is 1160. The minimum absolute atomic E-state index is 0.0857. The van der Waals surface area contributed by atoms with Gasteiger partial charge in [0, 0.05) is 22.8 Å². The molecule has 2 heterocycles. The number of hydrogen-bond donors (Lipinski definition) is 1. The normalized spacial score (nSPS) is 12.5. The Morgan fingerprint density at radius 2 is 2.10 bits per heavy atom. The average molecular weight is 459 g/mol. The second kappa shape index (κ2) is 9.04. The SMILES string of the molecule is C[C@H](Sc1nc2ccc(N=Cc3ccc(Cl)cc3)cc2s1)C(=O)Nc1nccs1. The number of carbonyl (C=O) groups is 1. The maximum Gasteiger partial charge on any atom is 0.239 e. The molecule has 29 heavy (non-hydrogen) atoms. The van der Waals surface area contributed by atoms with Gasteiger partial charge in [-0.05, 0) is 42.8 Å². The molecule has 1 N–H and O–H groups in total. The van der Waals surface area contributed by atoms with Crippen LogP contribution in [-0.2, 0) is 4.79 Å². The molecule has 5 nitrogen and oxygen atoms in total. The largest absolute Gasteiger partial charge is 0.301 e. The first-order valence-corrected chi connectivity index (χ1v) is 11.6. The number of thioether (sulfide) groups is 1. The molecule has 2 aromatic carbocycles. The van der Waals surface area contributed by atoms with Gasteiger partial charge in [0.1, 0.15) is 0 Å². The van der Waals surface area contributed by atoms with E-state index in [0.717, 1.165) is 25.8 Å². The smallest absolute Gasteiger partial charge is 0.239 e. The van der Waals surface area contributed by atoms with Gasteiger partial charge in [-0.1, -0.05) is 35.5 Å². The summed E-state index contributed by atoms with van der Waals surface area (Å²) in [6.45, 7) is 1.86. The zero-order valence-electron chi connectivity index (χ0n) is 15.2. The number of nitrogens with zero attached hydrogens (tertiary/aromatic N) is 3. The van der Waals surface area contributed by atoms with E-state index >= 15 is 0 Å². The molecular formula is C20H15ClN4OS3. The lowest BCUT2D eigenvalue weighted by molar-refractivity contribution is -0.115. The van der Waals surface area contributed by atoms with Crippen LogP contribution in [0.2, 0.25) is 5.02 Å². The fraction of sp³-hybridized carbons (Fsp3) is 0.100. The van der Waals surface area contributed by atoms with E-state index < -0.39 is 0 Å². The summed E-state index contributed by atoms with van der Waals surface area (Å²) in [6.07, 6.45) is 3.47. The number of hydrogen-bond acceptors (Lipinski definition) is 7. The summed E-state index contributed by atoms with van der Waals surface area (Å²) in [5.74, 6) is -0.0857. The Hall–Kier alpha value is -2.26. The van der Waals surface area contributed by atoms with E-state index in [9.17, 15) is 4.79 Å². The van der Waals surface area contributed by atoms with E-state index in [1.54, 1.807) is 23.7 Å². The number of fused-ring (bicyclic) bond motifs is 1. The first-order chi connectivity index (χ1) is 14.1. The van der Waals surface area contributed by atoms with Crippen LogP contribution in [0.3, 0.4) is 0 Å². The van der Waals surface area contributed by atoms with Gasteiger partial charge in [0.25, 0.3) is 0 Å². The van der Waals surface area contributed by atoms with Crippen LogP contribution in [0.1, 0.15) is 12.5 Å². The van der Waals surface area contributed by atoms with Gasteiger partial charge in [-0.3, -0.25) is 9.79 Å². The standard InChI is InChI=1S/C20H15ClN4OS3/c1-12(18(26)25-19-22-8-9-27-19)28-20-24-16-7-6-15(10-17(16)29-20)23-11-13-2-4-14(21)5-3-13/h2-12H,1H3,(H,22,25,26)/t12-/m0/s1. The molecule has 0 aliphatic carbocycles. The van der Waals surface area contributed by atoms with Crippen molar-refractivity contribution in [1.29, 1.82) is 0 Å². The molecule has 4 aromatic rings. The Labute approximate surface area is 184 Å². The van der Waals surface area contributed by atoms with Gasteiger partial charge in [0.2, 0.25) is 5.91 Å². The van der Waals surface area contributed by atoms with Gasteiger partial charge in [0.15, 0.2) is 9.47 Å². The van der Waals surface area contributed by atoms with Crippen molar-refractivity contribution in [3.8, 4) is 0 Å². The van der Waals surface area contributed by atoms with E-state index in [0.29, 0.717) is 10.2 Å². The van der Waals surface area contributed by atoms with Gasteiger partial charge in [-0.2, -0.15) is 0 Å². The van der Waals surface area contributed by atoms with E-state index in [1.807, 2.05) is 54.8 Å². The Balaban J connectivity index is 1.45. The van der Waals surface area contributed by atoms with Crippen molar-refractivity contribution >= 4 is 79.2 Å². The van der Waals surface area contributed by atoms with Gasteiger partial charge in [-0.25, -0.2) is 9.97 Å². The minimum Gasteiger partial charge on any atom is -0.301 e. The van der Waals surface area contributed by atoms with Crippen LogP contribution in [0, 0.1) is 0 Å². The molecule has 1 amide bonds. The summed E-state index contributed by atoms with van der Waals surface area (Å²) in [4.78, 5) is 25.5. The predicted octanol–water partition coefficient (Wildman–Crippen LogP) is 6.28. The second-order valence-electron chi connectivity index (χ2n) is 6.03. The summed E-state index contributed by atoms with van der Waals surface area (Å²) in [5.41, 5.74) is 2.73. The van der Waals surface area contributed by atoms with Crippen molar-refractivity contribution < 1.29 is 4.79 Å². The molecule has 2 aromatic heterocycles. The molecular weight excluding hydrogens is 444 g/mol. The highest BCUT2D eigenvalue weighted by molar-refractivity contribution is 8.02. The first kappa shape index (κ1) is 20.0. The summed E-state index contributed by atoms with van der Waals surface area (Å²) in [7, 11) is 0. The lowest BCUT2D eigenvalue weighted by Gasteiger charge is -2.07. The molecule has 146 valence electrons. The van der Waals surface area contributed by atoms with E-state index in [-0.39, 0.29) is 11.2 Å². The van der Waals surface area contributed by atoms with Crippen LogP contribution in [0.15, 0.2) is 63.4 Å². The number of rotatable bonds is 6. The van der Waals surface area contributed by atoms with Crippen molar-refractivity contribution in [3.63, 3.8) is 0 Å². The van der Waals surface area contributed by atoms with Gasteiger partial charge >= 0.3 is 0 Å². The zero-order valence-corrected chi connectivity index (χ0v) is 18.4. The van der Waals surface area contributed by atoms with Crippen LogP contribution in [0.25, 0.3) is 10.2 Å². The third-order valence-electron chi connectivity index (χ3n) is 3.89. The molecule has 4 rings (SSSR count). The van der Waals surface area contributed by atoms with Crippen LogP contribution < -0.4 is 5.32 Å². The van der Waals surface area contributed by atoms with Crippen molar-refractivity contribution in [2.45, 2.75) is 16.5 Å². The highest BCUT2D eigenvalue weighted by Gasteiger charge is 2.18. The number of halogens is 1. The Kier molecular flexibility index (Phi) is 6.25. The van der Waals surface area contributed by atoms with Crippen LogP contribution in [-0.4, -0.2) is 27.3 Å². The van der Waals surface area contributed by atoms with Crippen molar-refractivity contribution in [1.82, 2.24) is 9.97 Å². The Morgan fingerprint density at radius 1 is 1.28 bits per heavy atom. The molecule has 0 aliphatic rings. The fourth-order valence-corrected chi connectivity index (χ4v) is 5.32. The number of nitrogens with one attached hydrogen (secondary N) is 1. The summed E-state index contributed by atoms with van der Waals surface area (Å²) < 4.78 is 1.88. The van der Waals surface area contributed by atoms with E-state index in [4.69, 9.17) is 11.6 Å². The van der Waals surface area contributed by atoms with Crippen LogP contribution >= 0.6 is 46.0 Å². The minimum atomic E-state index is -0.276. The van der Waals surface area contributed by atoms with Gasteiger partial charge in [-0.15, -0.1) is 22.7 Å². The Morgan fingerprint density at radius 3 is 2.86 bits per heavy atom. The number of aliphatic imine (C=N–C) groups is 1. The number of anilines is 1. The average Bonchev–Trinajstić information content (AvgIpc) is 3.36. The maximum absolute atomic E-state index is 12.3. The summed E-state index contributed by atoms with van der Waals surface area (Å²) in [6, 6.07) is 13.4. The molecule has 0 aliphatic heterocycles. The lowest BCUT2D eigenvalue weighted by Crippen LogP contribution is -2.22. The van der Waals surface area contributed by atoms with E-state index in [1.165, 1.54) is 23.1 Å². The highest BCUT2D eigenvalue weighted by atomic mass is 35.5. The molecule has 0 bridgehead atoms. The number of amides is 1. The second-order valence-corrected chi connectivity index (χ2v) is 9.98. The number of thiazole rings is 2. The fourth-order valence-electron chi connectivity index (χ4n) is 2.42. The van der Waals surface area contributed by atoms with Crippen LogP contribution in [0.4, 0.5) is 10.8 Å². The predicted molar refractivity (Wildman–Crippen MR) is 124 cm³/mol. The quantitative estimate of drug-likeness (QED) is 0.273. The topological polar surface area (TPSA) is 67.2 Å². The van der Waals surface area contributed by atoms with Gasteiger partial charge < -0.3 is 5.32 Å². The lowest BCUT2D eigenvalue weighted by atomic mass is 10.2. The summed E-state index contributed by atoms with van der Waals surface area (Å²) in [5, 5.41) is 5.68. The van der Waals surface area contributed by atoms with Crippen molar-refractivity contribution in [2.75, 3.05) is 5.32 Å². The maximum atomic E-state index is 12.3. The van der Waals surface area contributed by atoms with Gasteiger partial charge in [0.05, 0.1) is 21.2 Å². The first-order valence-electron chi connectivity index (χ1n) is 8.64. The molecule has 0 fully saturated rings. The number of carbonyl (C=O) groups excluding carboxylic acids is 1. The summed E-state index contributed by atoms with van der Waals surface area (Å²) >= 11 is 10.3. The highest BCUT2D eigenvalue weighted by Crippen LogP contribution is 2.34. The molecule has 1 atom stereocenters. The molecule has 0 spiro atoms. The zero-order chi connectivity index (χ0) is 20.2. The molecule has 0 saturated carbocycles. The van der Waals surface area contributed by atoms with Crippen LogP contribution in [0.5, 0.6) is 0 Å². The molecule has 0 radical (unpaired) electrons. The van der Waals surface area contributed by atoms with E-state index in [2.05, 4.69) is 20.3 Å². The third kappa shape index (κ3) is 5.22. The molecule has 0 saturated heterocycles. The van der Waals surface area contributed by atoms with Crippen molar-refractivity contribution in [2.24, 2.45) is 4.99 Å². The number of benzene rings is 2. The van der Waals surface area contributed by atoms with Crippen molar-refractivity contribution in [3.05, 3.63) is 64.6 Å². The number of aromatic nitrogens is 2. The monoisotopic (exact) mass is 458 g/mol. The molecule has 0 unspecified atom stereocenters. The third-order valence-corrected chi connectivity index (χ3v) is 7.05.